The molecular weight excluding hydrogens is 490 g/mol. The highest BCUT2D eigenvalue weighted by molar-refractivity contribution is 6.18. The third-order valence-corrected chi connectivity index (χ3v) is 5.50. The number of aryl methyl sites for hydroxylation is 1. The van der Waals surface area contributed by atoms with Gasteiger partial charge in [-0.05, 0) is 68.1 Å². The number of benzene rings is 2. The standard InChI is InChI=1S/C27H35NO5.C3H5Cl/c1-6-7-8-9-23(26(33-28)19(2)3)18-31-24-14-15-25(20(4)16-24)32-17-21-10-12-22(13-11-21)27(29)30-5;1-2-3-4/h6-7,10-16,19H,8-9,17-18,28H2,1-5H3;2H,1,3H2/b7-6-,26-23+;. The van der Waals surface area contributed by atoms with Gasteiger partial charge in [0.25, 0.3) is 0 Å². The van der Waals surface area contributed by atoms with E-state index in [0.717, 1.165) is 46.8 Å². The van der Waals surface area contributed by atoms with Crippen LogP contribution in [0, 0.1) is 12.8 Å². The van der Waals surface area contributed by atoms with E-state index < -0.39 is 0 Å². The summed E-state index contributed by atoms with van der Waals surface area (Å²) in [6.07, 6.45) is 7.52. The Kier molecular flexibility index (Phi) is 15.6. The van der Waals surface area contributed by atoms with Crippen molar-refractivity contribution >= 4 is 17.6 Å². The Morgan fingerprint density at radius 3 is 2.32 bits per heavy atom. The monoisotopic (exact) mass is 529 g/mol. The van der Waals surface area contributed by atoms with Crippen molar-refractivity contribution in [3.63, 3.8) is 0 Å². The number of hydrogen-bond acceptors (Lipinski definition) is 6. The van der Waals surface area contributed by atoms with Crippen LogP contribution in [-0.2, 0) is 16.2 Å². The van der Waals surface area contributed by atoms with Gasteiger partial charge in [-0.25, -0.2) is 4.79 Å². The van der Waals surface area contributed by atoms with Crippen molar-refractivity contribution in [1.82, 2.24) is 0 Å². The highest BCUT2D eigenvalue weighted by Crippen LogP contribution is 2.26. The van der Waals surface area contributed by atoms with Crippen molar-refractivity contribution < 1.29 is 23.8 Å². The number of esters is 1. The summed E-state index contributed by atoms with van der Waals surface area (Å²) in [5, 5.41) is 0. The number of halogens is 1. The number of methoxy groups -OCH3 is 1. The quantitative estimate of drug-likeness (QED) is 0.0963. The van der Waals surface area contributed by atoms with Crippen molar-refractivity contribution in [2.24, 2.45) is 11.8 Å². The lowest BCUT2D eigenvalue weighted by atomic mass is 10.0. The van der Waals surface area contributed by atoms with Gasteiger partial charge >= 0.3 is 5.97 Å². The van der Waals surface area contributed by atoms with Crippen LogP contribution in [-0.4, -0.2) is 25.6 Å². The van der Waals surface area contributed by atoms with Crippen LogP contribution in [0.1, 0.15) is 55.1 Å². The first kappa shape index (κ1) is 31.8. The van der Waals surface area contributed by atoms with Gasteiger partial charge < -0.3 is 19.0 Å². The van der Waals surface area contributed by atoms with E-state index in [1.165, 1.54) is 7.11 Å². The van der Waals surface area contributed by atoms with Gasteiger partial charge in [-0.15, -0.1) is 18.2 Å². The van der Waals surface area contributed by atoms with E-state index in [9.17, 15) is 4.79 Å². The maximum Gasteiger partial charge on any atom is 0.337 e. The lowest BCUT2D eigenvalue weighted by molar-refractivity contribution is 0.0600. The molecule has 0 unspecified atom stereocenters. The number of hydrogen-bond donors (Lipinski definition) is 1. The summed E-state index contributed by atoms with van der Waals surface area (Å²) in [6.45, 7) is 12.2. The fraction of sp³-hybridized carbons (Fsp3) is 0.367. The second kappa shape index (κ2) is 18.1. The molecule has 0 aliphatic heterocycles. The lowest BCUT2D eigenvalue weighted by Crippen LogP contribution is -2.13. The molecule has 2 N–H and O–H groups in total. The fourth-order valence-corrected chi connectivity index (χ4v) is 3.38. The van der Waals surface area contributed by atoms with E-state index in [1.807, 2.05) is 50.3 Å². The van der Waals surface area contributed by atoms with E-state index >= 15 is 0 Å². The van der Waals surface area contributed by atoms with Gasteiger partial charge in [-0.3, -0.25) is 0 Å². The number of allylic oxidation sites excluding steroid dienone is 4. The van der Waals surface area contributed by atoms with E-state index in [0.29, 0.717) is 24.7 Å². The zero-order valence-electron chi connectivity index (χ0n) is 22.6. The molecule has 0 spiro atoms. The SMILES string of the molecule is C/C=C\CC/C(COc1ccc(OCc2ccc(C(=O)OC)cc2)c(C)c1)=C(\ON)C(C)C.C=CCCl. The molecule has 7 heteroatoms. The van der Waals surface area contributed by atoms with Crippen LogP contribution in [0.3, 0.4) is 0 Å². The second-order valence-corrected chi connectivity index (χ2v) is 8.79. The highest BCUT2D eigenvalue weighted by atomic mass is 35.5. The van der Waals surface area contributed by atoms with E-state index in [4.69, 9.17) is 36.5 Å². The number of nitrogens with two attached hydrogens (primary N) is 1. The molecule has 0 aromatic heterocycles. The first-order chi connectivity index (χ1) is 17.8. The molecule has 0 aliphatic rings. The Balaban J connectivity index is 0.00000159. The Hall–Kier alpha value is -3.22. The third kappa shape index (κ3) is 11.6. The molecule has 2 aromatic carbocycles. The van der Waals surface area contributed by atoms with Gasteiger partial charge in [0.05, 0.1) is 12.7 Å². The summed E-state index contributed by atoms with van der Waals surface area (Å²) in [6, 6.07) is 12.9. The summed E-state index contributed by atoms with van der Waals surface area (Å²) < 4.78 is 16.7. The topological polar surface area (TPSA) is 80.0 Å². The minimum atomic E-state index is -0.354. The molecule has 0 heterocycles. The van der Waals surface area contributed by atoms with Crippen LogP contribution in [0.2, 0.25) is 0 Å². The van der Waals surface area contributed by atoms with E-state index in [2.05, 4.69) is 26.5 Å². The molecule has 0 radical (unpaired) electrons. The van der Waals surface area contributed by atoms with Gasteiger partial charge in [-0.2, -0.15) is 5.90 Å². The maximum atomic E-state index is 11.5. The zero-order chi connectivity index (χ0) is 27.6. The van der Waals surface area contributed by atoms with Crippen molar-refractivity contribution in [3.8, 4) is 11.5 Å². The lowest BCUT2D eigenvalue weighted by Gasteiger charge is -2.17. The van der Waals surface area contributed by atoms with Gasteiger partial charge in [0.1, 0.15) is 30.5 Å². The van der Waals surface area contributed by atoms with Gasteiger partial charge in [0, 0.05) is 17.4 Å². The Labute approximate surface area is 226 Å². The molecule has 6 nitrogen and oxygen atoms in total. The van der Waals surface area contributed by atoms with Crippen LogP contribution in [0.5, 0.6) is 11.5 Å². The zero-order valence-corrected chi connectivity index (χ0v) is 23.3. The second-order valence-electron chi connectivity index (χ2n) is 8.48. The molecule has 0 saturated heterocycles. The molecule has 2 rings (SSSR count). The third-order valence-electron chi connectivity index (χ3n) is 5.29. The first-order valence-corrected chi connectivity index (χ1v) is 12.7. The molecule has 0 aliphatic carbocycles. The summed E-state index contributed by atoms with van der Waals surface area (Å²) in [5.41, 5.74) is 3.50. The smallest absolute Gasteiger partial charge is 0.337 e. The molecule has 0 fully saturated rings. The first-order valence-electron chi connectivity index (χ1n) is 12.2. The van der Waals surface area contributed by atoms with Crippen molar-refractivity contribution in [1.29, 1.82) is 0 Å². The van der Waals surface area contributed by atoms with E-state index in [1.54, 1.807) is 18.2 Å². The summed E-state index contributed by atoms with van der Waals surface area (Å²) >= 11 is 5.07. The van der Waals surface area contributed by atoms with Gasteiger partial charge in [0.2, 0.25) is 0 Å². The normalized spacial score (nSPS) is 11.4. The molecule has 0 bridgehead atoms. The Bertz CT molecular complexity index is 1030. The largest absolute Gasteiger partial charge is 0.489 e. The summed E-state index contributed by atoms with van der Waals surface area (Å²) in [5.74, 6) is 8.22. The average molecular weight is 530 g/mol. The number of carbonyl (C=O) groups excluding carboxylic acids is 1. The van der Waals surface area contributed by atoms with Crippen LogP contribution in [0.25, 0.3) is 0 Å². The predicted octanol–water partition coefficient (Wildman–Crippen LogP) is 7.31. The molecule has 0 saturated carbocycles. The minimum absolute atomic E-state index is 0.179. The molecule has 37 heavy (non-hydrogen) atoms. The van der Waals surface area contributed by atoms with Gasteiger partial charge in [0.15, 0.2) is 0 Å². The van der Waals surface area contributed by atoms with Gasteiger partial charge in [-0.1, -0.05) is 44.2 Å². The summed E-state index contributed by atoms with van der Waals surface area (Å²) in [7, 11) is 1.37. The predicted molar refractivity (Wildman–Crippen MR) is 151 cm³/mol. The number of alkyl halides is 1. The van der Waals surface area contributed by atoms with Crippen molar-refractivity contribution in [2.45, 2.75) is 47.1 Å². The maximum absolute atomic E-state index is 11.5. The molecule has 202 valence electrons. The van der Waals surface area contributed by atoms with E-state index in [-0.39, 0.29) is 11.9 Å². The molecular formula is C30H40ClNO5. The molecule has 0 atom stereocenters. The van der Waals surface area contributed by atoms with Crippen LogP contribution >= 0.6 is 11.6 Å². The molecule has 0 amide bonds. The van der Waals surface area contributed by atoms with Crippen LogP contribution in [0.4, 0.5) is 0 Å². The number of ether oxygens (including phenoxy) is 3. The summed E-state index contributed by atoms with van der Waals surface area (Å²) in [4.78, 5) is 16.7. The number of carbonyl (C=O) groups is 1. The highest BCUT2D eigenvalue weighted by Gasteiger charge is 2.13. The average Bonchev–Trinajstić information content (AvgIpc) is 2.91. The van der Waals surface area contributed by atoms with Crippen molar-refractivity contribution in [2.75, 3.05) is 19.6 Å². The number of rotatable bonds is 13. The van der Waals surface area contributed by atoms with Crippen LogP contribution in [0.15, 0.2) is 78.6 Å². The van der Waals surface area contributed by atoms with Crippen molar-refractivity contribution in [3.05, 3.63) is 95.3 Å². The Morgan fingerprint density at radius 2 is 1.81 bits per heavy atom. The molecule has 2 aromatic rings. The fourth-order valence-electron chi connectivity index (χ4n) is 3.38. The minimum Gasteiger partial charge on any atom is -0.489 e. The Morgan fingerprint density at radius 1 is 1.14 bits per heavy atom. The van der Waals surface area contributed by atoms with Crippen LogP contribution < -0.4 is 15.4 Å².